The zero-order valence-electron chi connectivity index (χ0n) is 14.2. The maximum Gasteiger partial charge on any atom is 0.0700 e. The van der Waals surface area contributed by atoms with Crippen molar-refractivity contribution in [1.82, 2.24) is 0 Å². The average molecular weight is 362 g/mol. The first-order chi connectivity index (χ1) is 12.2. The Balaban J connectivity index is 3.80. The lowest BCUT2D eigenvalue weighted by Gasteiger charge is -2.29. The van der Waals surface area contributed by atoms with Crippen molar-refractivity contribution < 1.29 is 29.2 Å². The Morgan fingerprint density at radius 3 is 1.44 bits per heavy atom. The number of aliphatic hydroxyl groups excluding tert-OH is 2. The van der Waals surface area contributed by atoms with Crippen LogP contribution in [0.15, 0.2) is 10.2 Å². The van der Waals surface area contributed by atoms with Crippen LogP contribution in [-0.2, 0) is 18.9 Å². The van der Waals surface area contributed by atoms with E-state index in [0.29, 0.717) is 26.4 Å². The Labute approximate surface area is 145 Å². The molecule has 0 rings (SSSR count). The second-order valence-corrected chi connectivity index (χ2v) is 5.06. The highest BCUT2D eigenvalue weighted by molar-refractivity contribution is 4.77. The van der Waals surface area contributed by atoms with Gasteiger partial charge in [0.2, 0.25) is 0 Å². The fourth-order valence-electron chi connectivity index (χ4n) is 1.59. The lowest BCUT2D eigenvalue weighted by atomic mass is 9.92. The van der Waals surface area contributed by atoms with Gasteiger partial charge < -0.3 is 29.2 Å². The highest BCUT2D eigenvalue weighted by atomic mass is 16.5. The minimum Gasteiger partial charge on any atom is -0.396 e. The fourth-order valence-corrected chi connectivity index (χ4v) is 1.59. The maximum atomic E-state index is 9.50. The van der Waals surface area contributed by atoms with Crippen LogP contribution < -0.4 is 0 Å². The Hall–Kier alpha value is -1.62. The second kappa shape index (κ2) is 17.2. The van der Waals surface area contributed by atoms with Crippen LogP contribution in [0.2, 0.25) is 0 Å². The Bertz CT molecular complexity index is 376. The third kappa shape index (κ3) is 13.4. The Morgan fingerprint density at radius 1 is 0.680 bits per heavy atom. The summed E-state index contributed by atoms with van der Waals surface area (Å²) < 4.78 is 21.2. The van der Waals surface area contributed by atoms with Gasteiger partial charge in [-0.1, -0.05) is 10.2 Å². The van der Waals surface area contributed by atoms with Crippen LogP contribution in [0, 0.1) is 5.41 Å². The van der Waals surface area contributed by atoms with Crippen molar-refractivity contribution in [3.8, 4) is 0 Å². The number of rotatable bonds is 18. The molecule has 0 aromatic rings. The van der Waals surface area contributed by atoms with Crippen molar-refractivity contribution in [2.24, 2.45) is 15.6 Å². The van der Waals surface area contributed by atoms with Crippen LogP contribution in [0.3, 0.4) is 0 Å². The average Bonchev–Trinajstić information content (AvgIpc) is 2.64. The molecular weight excluding hydrogens is 336 g/mol. The van der Waals surface area contributed by atoms with E-state index in [-0.39, 0.29) is 52.7 Å². The first kappa shape index (κ1) is 23.4. The molecule has 0 aromatic carbocycles. The third-order valence-electron chi connectivity index (χ3n) is 3.03. The highest BCUT2D eigenvalue weighted by Crippen LogP contribution is 2.17. The van der Waals surface area contributed by atoms with E-state index < -0.39 is 5.41 Å². The summed E-state index contributed by atoms with van der Waals surface area (Å²) in [6, 6.07) is 0. The summed E-state index contributed by atoms with van der Waals surface area (Å²) in [5.41, 5.74) is 15.3. The van der Waals surface area contributed by atoms with Gasteiger partial charge in [-0.25, -0.2) is 0 Å². The summed E-state index contributed by atoms with van der Waals surface area (Å²) in [4.78, 5) is 5.20. The molecule has 12 heteroatoms. The quantitative estimate of drug-likeness (QED) is 0.156. The van der Waals surface area contributed by atoms with Crippen molar-refractivity contribution in [2.75, 3.05) is 79.2 Å². The summed E-state index contributed by atoms with van der Waals surface area (Å²) >= 11 is 0. The van der Waals surface area contributed by atoms with E-state index in [1.165, 1.54) is 0 Å². The van der Waals surface area contributed by atoms with Crippen molar-refractivity contribution in [1.29, 1.82) is 0 Å². The molecule has 0 unspecified atom stereocenters. The van der Waals surface area contributed by atoms with Gasteiger partial charge in [0, 0.05) is 22.9 Å². The standard InChI is InChI=1S/C13H26N6O6/c14-18-16-1-3-22-5-7-24-11-13(9-20,10-21)12-25-8-6-23-4-2-17-19-15/h20-21H,1-12H2. The van der Waals surface area contributed by atoms with Crippen molar-refractivity contribution in [3.63, 3.8) is 0 Å². The molecule has 25 heavy (non-hydrogen) atoms. The largest absolute Gasteiger partial charge is 0.396 e. The van der Waals surface area contributed by atoms with E-state index in [9.17, 15) is 10.2 Å². The zero-order chi connectivity index (χ0) is 18.6. The molecule has 0 aliphatic carbocycles. The predicted molar refractivity (Wildman–Crippen MR) is 87.9 cm³/mol. The molecule has 0 amide bonds. The smallest absolute Gasteiger partial charge is 0.0700 e. The molecule has 2 N–H and O–H groups in total. The monoisotopic (exact) mass is 362 g/mol. The topological polar surface area (TPSA) is 175 Å². The van der Waals surface area contributed by atoms with Gasteiger partial charge >= 0.3 is 0 Å². The van der Waals surface area contributed by atoms with Crippen LogP contribution in [0.1, 0.15) is 0 Å². The fraction of sp³-hybridized carbons (Fsp3) is 1.00. The molecule has 144 valence electrons. The van der Waals surface area contributed by atoms with E-state index in [2.05, 4.69) is 20.1 Å². The minimum atomic E-state index is -0.907. The summed E-state index contributed by atoms with van der Waals surface area (Å²) in [5.74, 6) is 0. The van der Waals surface area contributed by atoms with Crippen LogP contribution in [0.4, 0.5) is 0 Å². The summed E-state index contributed by atoms with van der Waals surface area (Å²) in [6.45, 7) is 1.94. The third-order valence-corrected chi connectivity index (χ3v) is 3.03. The molecule has 0 aliphatic heterocycles. The molecular formula is C13H26N6O6. The lowest BCUT2D eigenvalue weighted by molar-refractivity contribution is -0.0887. The SMILES string of the molecule is [N-]=[N+]=NCCOCCOCC(CO)(CO)COCCOCCN=[N+]=[N-]. The van der Waals surface area contributed by atoms with Crippen molar-refractivity contribution in [3.05, 3.63) is 20.9 Å². The van der Waals surface area contributed by atoms with Gasteiger partial charge in [-0.05, 0) is 11.1 Å². The molecule has 0 aliphatic rings. The molecule has 0 radical (unpaired) electrons. The first-order valence-electron chi connectivity index (χ1n) is 7.79. The van der Waals surface area contributed by atoms with E-state index in [1.54, 1.807) is 0 Å². The Morgan fingerprint density at radius 2 is 1.08 bits per heavy atom. The molecule has 0 saturated heterocycles. The molecule has 12 nitrogen and oxygen atoms in total. The number of aliphatic hydroxyl groups is 2. The van der Waals surface area contributed by atoms with E-state index >= 15 is 0 Å². The molecule has 0 spiro atoms. The van der Waals surface area contributed by atoms with Gasteiger partial charge in [0.1, 0.15) is 0 Å². The predicted octanol–water partition coefficient (Wildman–Crippen LogP) is 0.644. The van der Waals surface area contributed by atoms with Crippen LogP contribution in [0.25, 0.3) is 20.9 Å². The first-order valence-corrected chi connectivity index (χ1v) is 7.79. The number of hydrogen-bond donors (Lipinski definition) is 2. The normalized spacial score (nSPS) is 11.0. The highest BCUT2D eigenvalue weighted by Gasteiger charge is 2.29. The van der Waals surface area contributed by atoms with Gasteiger partial charge in [0.25, 0.3) is 0 Å². The molecule has 0 fully saturated rings. The van der Waals surface area contributed by atoms with Crippen molar-refractivity contribution in [2.45, 2.75) is 0 Å². The lowest BCUT2D eigenvalue weighted by Crippen LogP contribution is -2.40. The van der Waals surface area contributed by atoms with Gasteiger partial charge in [0.15, 0.2) is 0 Å². The second-order valence-electron chi connectivity index (χ2n) is 5.06. The van der Waals surface area contributed by atoms with Crippen molar-refractivity contribution >= 4 is 0 Å². The van der Waals surface area contributed by atoms with Gasteiger partial charge in [-0.3, -0.25) is 0 Å². The number of ether oxygens (including phenoxy) is 4. The summed E-state index contributed by atoms with van der Waals surface area (Å²) in [7, 11) is 0. The van der Waals surface area contributed by atoms with Crippen LogP contribution in [-0.4, -0.2) is 89.4 Å². The number of hydrogen-bond acceptors (Lipinski definition) is 8. The molecule has 0 heterocycles. The molecule has 0 aromatic heterocycles. The molecule has 0 saturated carbocycles. The zero-order valence-corrected chi connectivity index (χ0v) is 14.2. The Kier molecular flexibility index (Phi) is 16.1. The number of nitrogens with zero attached hydrogens (tertiary/aromatic N) is 6. The minimum absolute atomic E-state index is 0.109. The van der Waals surface area contributed by atoms with Gasteiger partial charge in [0.05, 0.1) is 71.5 Å². The number of azide groups is 2. The summed E-state index contributed by atoms with van der Waals surface area (Å²) in [5, 5.41) is 25.7. The summed E-state index contributed by atoms with van der Waals surface area (Å²) in [6.07, 6.45) is 0. The molecule has 0 atom stereocenters. The van der Waals surface area contributed by atoms with Gasteiger partial charge in [-0.15, -0.1) is 0 Å². The van der Waals surface area contributed by atoms with E-state index in [4.69, 9.17) is 30.0 Å². The van der Waals surface area contributed by atoms with Gasteiger partial charge in [-0.2, -0.15) is 0 Å². The van der Waals surface area contributed by atoms with Crippen LogP contribution >= 0.6 is 0 Å². The van der Waals surface area contributed by atoms with Crippen LogP contribution in [0.5, 0.6) is 0 Å². The maximum absolute atomic E-state index is 9.50. The van der Waals surface area contributed by atoms with E-state index in [0.717, 1.165) is 0 Å². The van der Waals surface area contributed by atoms with E-state index in [1.807, 2.05) is 0 Å². The molecule has 0 bridgehead atoms.